The Kier molecular flexibility index (Phi) is 4.67. The quantitative estimate of drug-likeness (QED) is 0.881. The van der Waals surface area contributed by atoms with Gasteiger partial charge in [0.15, 0.2) is 0 Å². The summed E-state index contributed by atoms with van der Waals surface area (Å²) in [6.07, 6.45) is 3.53. The van der Waals surface area contributed by atoms with Crippen molar-refractivity contribution in [3.63, 3.8) is 0 Å². The van der Waals surface area contributed by atoms with Gasteiger partial charge in [0.2, 0.25) is 0 Å². The third-order valence-electron chi connectivity index (χ3n) is 3.46. The molecule has 0 aliphatic carbocycles. The molecule has 0 aliphatic rings. The van der Waals surface area contributed by atoms with E-state index in [2.05, 4.69) is 31.3 Å². The predicted molar refractivity (Wildman–Crippen MR) is 79.8 cm³/mol. The second kappa shape index (κ2) is 6.27. The SMILES string of the molecule is CCc1occc1C(Cc1ccc(C)cc1Cl)NC. The fraction of sp³-hybridized carbons (Fsp3) is 0.375. The van der Waals surface area contributed by atoms with Gasteiger partial charge in [-0.2, -0.15) is 0 Å². The van der Waals surface area contributed by atoms with E-state index in [0.717, 1.165) is 29.2 Å². The molecule has 0 saturated heterocycles. The number of halogens is 1. The summed E-state index contributed by atoms with van der Waals surface area (Å²) >= 11 is 6.31. The Labute approximate surface area is 119 Å². The fourth-order valence-corrected chi connectivity index (χ4v) is 2.67. The molecular formula is C16H20ClNO. The van der Waals surface area contributed by atoms with E-state index in [9.17, 15) is 0 Å². The molecule has 1 N–H and O–H groups in total. The number of benzene rings is 1. The molecule has 0 spiro atoms. The fourth-order valence-electron chi connectivity index (χ4n) is 2.35. The molecule has 2 rings (SSSR count). The van der Waals surface area contributed by atoms with Crippen LogP contribution in [-0.4, -0.2) is 7.05 Å². The first-order valence-corrected chi connectivity index (χ1v) is 7.02. The minimum atomic E-state index is 0.230. The highest BCUT2D eigenvalue weighted by Crippen LogP contribution is 2.27. The van der Waals surface area contributed by atoms with Crippen LogP contribution in [0.4, 0.5) is 0 Å². The minimum absolute atomic E-state index is 0.230. The van der Waals surface area contributed by atoms with Crippen molar-refractivity contribution in [2.24, 2.45) is 0 Å². The number of rotatable bonds is 5. The smallest absolute Gasteiger partial charge is 0.108 e. The summed E-state index contributed by atoms with van der Waals surface area (Å²) in [4.78, 5) is 0. The highest BCUT2D eigenvalue weighted by molar-refractivity contribution is 6.31. The van der Waals surface area contributed by atoms with Crippen molar-refractivity contribution in [3.8, 4) is 0 Å². The van der Waals surface area contributed by atoms with Crippen molar-refractivity contribution in [3.05, 3.63) is 58.0 Å². The average molecular weight is 278 g/mol. The van der Waals surface area contributed by atoms with Crippen LogP contribution in [0.2, 0.25) is 5.02 Å². The zero-order valence-electron chi connectivity index (χ0n) is 11.7. The summed E-state index contributed by atoms with van der Waals surface area (Å²) in [5.41, 5.74) is 3.57. The van der Waals surface area contributed by atoms with Crippen molar-refractivity contribution in [2.45, 2.75) is 32.7 Å². The molecule has 1 aromatic heterocycles. The lowest BCUT2D eigenvalue weighted by atomic mass is 9.98. The van der Waals surface area contributed by atoms with Gasteiger partial charge in [-0.1, -0.05) is 30.7 Å². The lowest BCUT2D eigenvalue weighted by Gasteiger charge is -2.17. The van der Waals surface area contributed by atoms with Crippen LogP contribution in [0, 0.1) is 6.92 Å². The van der Waals surface area contributed by atoms with Crippen LogP contribution in [0.15, 0.2) is 34.9 Å². The molecule has 0 amide bonds. The molecule has 0 fully saturated rings. The van der Waals surface area contributed by atoms with Gasteiger partial charge >= 0.3 is 0 Å². The predicted octanol–water partition coefficient (Wildman–Crippen LogP) is 4.31. The number of hydrogen-bond donors (Lipinski definition) is 1. The van der Waals surface area contributed by atoms with Gasteiger partial charge in [0.25, 0.3) is 0 Å². The van der Waals surface area contributed by atoms with Crippen LogP contribution in [0.1, 0.15) is 35.4 Å². The zero-order valence-corrected chi connectivity index (χ0v) is 12.4. The van der Waals surface area contributed by atoms with Gasteiger partial charge in [0.1, 0.15) is 5.76 Å². The van der Waals surface area contributed by atoms with E-state index in [1.54, 1.807) is 6.26 Å². The lowest BCUT2D eigenvalue weighted by molar-refractivity contribution is 0.495. The van der Waals surface area contributed by atoms with Crippen LogP contribution in [0.25, 0.3) is 0 Å². The number of nitrogens with one attached hydrogen (secondary N) is 1. The van der Waals surface area contributed by atoms with Crippen molar-refractivity contribution in [2.75, 3.05) is 7.05 Å². The standard InChI is InChI=1S/C16H20ClNO/c1-4-16-13(7-8-19-16)15(18-3)10-12-6-5-11(2)9-14(12)17/h5-9,15,18H,4,10H2,1-3H3. The van der Waals surface area contributed by atoms with Crippen LogP contribution < -0.4 is 5.32 Å². The summed E-state index contributed by atoms with van der Waals surface area (Å²) in [7, 11) is 1.97. The number of hydrogen-bond acceptors (Lipinski definition) is 2. The zero-order chi connectivity index (χ0) is 13.8. The molecule has 1 heterocycles. The first kappa shape index (κ1) is 14.2. The maximum Gasteiger partial charge on any atom is 0.108 e. The Hall–Kier alpha value is -1.25. The second-order valence-corrected chi connectivity index (χ2v) is 5.20. The molecule has 0 bridgehead atoms. The minimum Gasteiger partial charge on any atom is -0.469 e. The summed E-state index contributed by atoms with van der Waals surface area (Å²) < 4.78 is 5.51. The first-order chi connectivity index (χ1) is 9.15. The molecule has 3 heteroatoms. The molecular weight excluding hydrogens is 258 g/mol. The molecule has 0 saturated carbocycles. The van der Waals surface area contributed by atoms with Crippen LogP contribution in [0.5, 0.6) is 0 Å². The molecule has 1 atom stereocenters. The monoisotopic (exact) mass is 277 g/mol. The highest BCUT2D eigenvalue weighted by atomic mass is 35.5. The molecule has 1 aromatic carbocycles. The van der Waals surface area contributed by atoms with E-state index in [4.69, 9.17) is 16.0 Å². The number of furan rings is 1. The average Bonchev–Trinajstić information content (AvgIpc) is 2.86. The van der Waals surface area contributed by atoms with E-state index in [-0.39, 0.29) is 6.04 Å². The summed E-state index contributed by atoms with van der Waals surface area (Å²) in [6, 6.07) is 8.49. The van der Waals surface area contributed by atoms with E-state index >= 15 is 0 Å². The maximum absolute atomic E-state index is 6.31. The molecule has 0 aliphatic heterocycles. The Morgan fingerprint density at radius 1 is 1.32 bits per heavy atom. The van der Waals surface area contributed by atoms with Crippen molar-refractivity contribution in [1.29, 1.82) is 0 Å². The molecule has 2 aromatic rings. The van der Waals surface area contributed by atoms with Gasteiger partial charge in [0.05, 0.1) is 6.26 Å². The largest absolute Gasteiger partial charge is 0.469 e. The van der Waals surface area contributed by atoms with Crippen LogP contribution in [-0.2, 0) is 12.8 Å². The van der Waals surface area contributed by atoms with Crippen LogP contribution in [0.3, 0.4) is 0 Å². The normalized spacial score (nSPS) is 12.6. The van der Waals surface area contributed by atoms with Gasteiger partial charge < -0.3 is 9.73 Å². The third-order valence-corrected chi connectivity index (χ3v) is 3.81. The summed E-state index contributed by atoms with van der Waals surface area (Å²) in [5.74, 6) is 1.04. The lowest BCUT2D eigenvalue weighted by Crippen LogP contribution is -2.19. The maximum atomic E-state index is 6.31. The van der Waals surface area contributed by atoms with Crippen LogP contribution >= 0.6 is 11.6 Å². The van der Waals surface area contributed by atoms with Gasteiger partial charge in [-0.25, -0.2) is 0 Å². The molecule has 19 heavy (non-hydrogen) atoms. The summed E-state index contributed by atoms with van der Waals surface area (Å²) in [5, 5.41) is 4.19. The van der Waals surface area contributed by atoms with E-state index in [0.29, 0.717) is 0 Å². The topological polar surface area (TPSA) is 25.2 Å². The van der Waals surface area contributed by atoms with Gasteiger partial charge in [-0.3, -0.25) is 0 Å². The Morgan fingerprint density at radius 3 is 2.74 bits per heavy atom. The van der Waals surface area contributed by atoms with Crippen molar-refractivity contribution in [1.82, 2.24) is 5.32 Å². The van der Waals surface area contributed by atoms with Gasteiger partial charge in [-0.05, 0) is 43.7 Å². The highest BCUT2D eigenvalue weighted by Gasteiger charge is 2.17. The van der Waals surface area contributed by atoms with Gasteiger partial charge in [0, 0.05) is 23.0 Å². The second-order valence-electron chi connectivity index (χ2n) is 4.79. The molecule has 102 valence electrons. The summed E-state index contributed by atoms with van der Waals surface area (Å²) in [6.45, 7) is 4.16. The Bertz CT molecular complexity index is 547. The van der Waals surface area contributed by atoms with Gasteiger partial charge in [-0.15, -0.1) is 0 Å². The van der Waals surface area contributed by atoms with E-state index in [1.807, 2.05) is 19.2 Å². The Balaban J connectivity index is 2.24. The number of likely N-dealkylation sites (N-methyl/N-ethyl adjacent to an activating group) is 1. The first-order valence-electron chi connectivity index (χ1n) is 6.64. The Morgan fingerprint density at radius 2 is 2.11 bits per heavy atom. The van der Waals surface area contributed by atoms with Crippen molar-refractivity contribution >= 4 is 11.6 Å². The van der Waals surface area contributed by atoms with Crippen molar-refractivity contribution < 1.29 is 4.42 Å². The third kappa shape index (κ3) is 3.20. The number of aryl methyl sites for hydroxylation is 2. The van der Waals surface area contributed by atoms with E-state index < -0.39 is 0 Å². The van der Waals surface area contributed by atoms with E-state index in [1.165, 1.54) is 11.1 Å². The molecule has 1 unspecified atom stereocenters. The molecule has 0 radical (unpaired) electrons. The molecule has 2 nitrogen and oxygen atoms in total.